The first-order valence-electron chi connectivity index (χ1n) is 9.36. The number of piperidine rings is 1. The molecule has 1 fully saturated rings. The van der Waals surface area contributed by atoms with Gasteiger partial charge in [-0.25, -0.2) is 4.79 Å². The zero-order chi connectivity index (χ0) is 19.2. The van der Waals surface area contributed by atoms with Gasteiger partial charge in [-0.2, -0.15) is 0 Å². The highest BCUT2D eigenvalue weighted by molar-refractivity contribution is 6.04. The third-order valence-corrected chi connectivity index (χ3v) is 4.90. The molecule has 2 aromatic rings. The Morgan fingerprint density at radius 2 is 1.93 bits per heavy atom. The molecule has 1 aliphatic rings. The zero-order valence-electron chi connectivity index (χ0n) is 15.9. The van der Waals surface area contributed by atoms with Crippen LogP contribution in [-0.2, 0) is 11.3 Å². The summed E-state index contributed by atoms with van der Waals surface area (Å²) < 4.78 is 4.71. The first-order chi connectivity index (χ1) is 13.0. The summed E-state index contributed by atoms with van der Waals surface area (Å²) in [6, 6.07) is 14.4. The van der Waals surface area contributed by atoms with E-state index in [1.807, 2.05) is 24.3 Å². The summed E-state index contributed by atoms with van der Waals surface area (Å²) in [5.41, 5.74) is 2.78. The van der Waals surface area contributed by atoms with Crippen molar-refractivity contribution in [2.45, 2.75) is 26.3 Å². The van der Waals surface area contributed by atoms with E-state index in [2.05, 4.69) is 17.1 Å². The minimum atomic E-state index is -0.428. The Labute approximate surface area is 160 Å². The summed E-state index contributed by atoms with van der Waals surface area (Å²) >= 11 is 0. The molecule has 1 saturated heterocycles. The highest BCUT2D eigenvalue weighted by Gasteiger charge is 2.16. The van der Waals surface area contributed by atoms with Gasteiger partial charge in [0.2, 0.25) is 0 Å². The number of nitrogens with one attached hydrogen (secondary N) is 1. The van der Waals surface area contributed by atoms with Crippen LogP contribution in [0.1, 0.15) is 46.0 Å². The number of amides is 1. The molecule has 3 rings (SSSR count). The van der Waals surface area contributed by atoms with Crippen LogP contribution in [0.4, 0.5) is 5.69 Å². The van der Waals surface area contributed by atoms with E-state index in [1.165, 1.54) is 25.5 Å². The van der Waals surface area contributed by atoms with Gasteiger partial charge in [0.05, 0.1) is 12.7 Å². The van der Waals surface area contributed by atoms with Crippen molar-refractivity contribution >= 4 is 17.6 Å². The van der Waals surface area contributed by atoms with Crippen LogP contribution in [0.15, 0.2) is 48.5 Å². The van der Waals surface area contributed by atoms with E-state index in [1.54, 1.807) is 24.3 Å². The molecule has 2 aromatic carbocycles. The number of benzene rings is 2. The number of hydrogen-bond donors (Lipinski definition) is 1. The third-order valence-electron chi connectivity index (χ3n) is 4.90. The average molecular weight is 366 g/mol. The molecule has 1 atom stereocenters. The molecule has 1 heterocycles. The van der Waals surface area contributed by atoms with Gasteiger partial charge >= 0.3 is 5.97 Å². The minimum absolute atomic E-state index is 0.199. The second-order valence-electron chi connectivity index (χ2n) is 7.21. The van der Waals surface area contributed by atoms with Gasteiger partial charge in [0.1, 0.15) is 0 Å². The summed E-state index contributed by atoms with van der Waals surface area (Å²) in [5, 5.41) is 2.83. The van der Waals surface area contributed by atoms with Crippen molar-refractivity contribution in [1.29, 1.82) is 0 Å². The highest BCUT2D eigenvalue weighted by atomic mass is 16.5. The molecule has 0 aliphatic carbocycles. The van der Waals surface area contributed by atoms with Crippen molar-refractivity contribution in [3.8, 4) is 0 Å². The van der Waals surface area contributed by atoms with Gasteiger partial charge < -0.3 is 10.1 Å². The Morgan fingerprint density at radius 3 is 2.63 bits per heavy atom. The second kappa shape index (κ2) is 8.82. The molecule has 1 amide bonds. The fourth-order valence-corrected chi connectivity index (χ4v) is 3.50. The molecule has 0 saturated carbocycles. The minimum Gasteiger partial charge on any atom is -0.465 e. The SMILES string of the molecule is COC(=O)c1cccc(NC(=O)c2ccc(CN3CCC[C@@H](C)C3)cc2)c1. The van der Waals surface area contributed by atoms with Crippen molar-refractivity contribution in [1.82, 2.24) is 4.90 Å². The molecule has 142 valence electrons. The summed E-state index contributed by atoms with van der Waals surface area (Å²) in [7, 11) is 1.33. The maximum Gasteiger partial charge on any atom is 0.337 e. The molecule has 1 N–H and O–H groups in total. The van der Waals surface area contributed by atoms with Crippen LogP contribution in [0.5, 0.6) is 0 Å². The summed E-state index contributed by atoms with van der Waals surface area (Å²) in [5.74, 6) is 0.127. The summed E-state index contributed by atoms with van der Waals surface area (Å²) in [6.45, 7) is 5.50. The average Bonchev–Trinajstić information content (AvgIpc) is 2.68. The van der Waals surface area contributed by atoms with E-state index in [9.17, 15) is 9.59 Å². The Kier molecular flexibility index (Phi) is 6.24. The number of hydrogen-bond acceptors (Lipinski definition) is 4. The quantitative estimate of drug-likeness (QED) is 0.814. The number of nitrogens with zero attached hydrogens (tertiary/aromatic N) is 1. The van der Waals surface area contributed by atoms with Gasteiger partial charge in [0.25, 0.3) is 5.91 Å². The topological polar surface area (TPSA) is 58.6 Å². The van der Waals surface area contributed by atoms with Crippen molar-refractivity contribution in [3.63, 3.8) is 0 Å². The lowest BCUT2D eigenvalue weighted by Crippen LogP contribution is -2.33. The van der Waals surface area contributed by atoms with Gasteiger partial charge in [0, 0.05) is 24.3 Å². The number of carbonyl (C=O) groups is 2. The number of anilines is 1. The molecule has 5 heteroatoms. The number of rotatable bonds is 5. The molecule has 0 aromatic heterocycles. The van der Waals surface area contributed by atoms with Crippen molar-refractivity contribution in [2.24, 2.45) is 5.92 Å². The molecular weight excluding hydrogens is 340 g/mol. The highest BCUT2D eigenvalue weighted by Crippen LogP contribution is 2.18. The predicted octanol–water partition coefficient (Wildman–Crippen LogP) is 3.96. The largest absolute Gasteiger partial charge is 0.465 e. The van der Waals surface area contributed by atoms with E-state index >= 15 is 0 Å². The van der Waals surface area contributed by atoms with Crippen LogP contribution >= 0.6 is 0 Å². The van der Waals surface area contributed by atoms with Crippen LogP contribution in [0.2, 0.25) is 0 Å². The van der Waals surface area contributed by atoms with Gasteiger partial charge in [-0.1, -0.05) is 25.1 Å². The standard InChI is InChI=1S/C22H26N2O3/c1-16-5-4-12-24(14-16)15-17-8-10-18(11-9-17)21(25)23-20-7-3-6-19(13-20)22(26)27-2/h3,6-11,13,16H,4-5,12,14-15H2,1-2H3,(H,23,25)/t16-/m1/s1. The summed E-state index contributed by atoms with van der Waals surface area (Å²) in [4.78, 5) is 26.5. The second-order valence-corrected chi connectivity index (χ2v) is 7.21. The number of esters is 1. The van der Waals surface area contributed by atoms with Crippen LogP contribution in [0.3, 0.4) is 0 Å². The Morgan fingerprint density at radius 1 is 1.15 bits per heavy atom. The lowest BCUT2D eigenvalue weighted by Gasteiger charge is -2.30. The van der Waals surface area contributed by atoms with Crippen molar-refractivity contribution in [2.75, 3.05) is 25.5 Å². The maximum atomic E-state index is 12.5. The number of carbonyl (C=O) groups excluding carboxylic acids is 2. The van der Waals surface area contributed by atoms with Gasteiger partial charge in [-0.05, 0) is 61.2 Å². The molecule has 0 radical (unpaired) electrons. The fourth-order valence-electron chi connectivity index (χ4n) is 3.50. The van der Waals surface area contributed by atoms with Crippen molar-refractivity contribution < 1.29 is 14.3 Å². The zero-order valence-corrected chi connectivity index (χ0v) is 15.9. The normalized spacial score (nSPS) is 17.3. The molecule has 1 aliphatic heterocycles. The lowest BCUT2D eigenvalue weighted by molar-refractivity contribution is 0.0600. The first-order valence-corrected chi connectivity index (χ1v) is 9.36. The Balaban J connectivity index is 1.61. The van der Waals surface area contributed by atoms with E-state index in [0.717, 1.165) is 25.6 Å². The van der Waals surface area contributed by atoms with Crippen LogP contribution in [-0.4, -0.2) is 37.0 Å². The fraction of sp³-hybridized carbons (Fsp3) is 0.364. The number of methoxy groups -OCH3 is 1. The van der Waals surface area contributed by atoms with E-state index in [4.69, 9.17) is 4.74 Å². The molecule has 0 bridgehead atoms. The Hall–Kier alpha value is -2.66. The van der Waals surface area contributed by atoms with Crippen molar-refractivity contribution in [3.05, 3.63) is 65.2 Å². The third kappa shape index (κ3) is 5.17. The van der Waals surface area contributed by atoms with E-state index in [-0.39, 0.29) is 5.91 Å². The molecule has 0 unspecified atom stereocenters. The van der Waals surface area contributed by atoms with Gasteiger partial charge in [-0.15, -0.1) is 0 Å². The molecule has 0 spiro atoms. The van der Waals surface area contributed by atoms with Crippen LogP contribution < -0.4 is 5.32 Å². The molecule has 5 nitrogen and oxygen atoms in total. The smallest absolute Gasteiger partial charge is 0.337 e. The number of ether oxygens (including phenoxy) is 1. The first kappa shape index (κ1) is 19.1. The van der Waals surface area contributed by atoms with Crippen LogP contribution in [0, 0.1) is 5.92 Å². The number of likely N-dealkylation sites (tertiary alicyclic amines) is 1. The Bertz CT molecular complexity index is 801. The van der Waals surface area contributed by atoms with Gasteiger partial charge in [0.15, 0.2) is 0 Å². The predicted molar refractivity (Wildman–Crippen MR) is 106 cm³/mol. The van der Waals surface area contributed by atoms with Gasteiger partial charge in [-0.3, -0.25) is 9.69 Å². The molecular formula is C22H26N2O3. The maximum absolute atomic E-state index is 12.5. The lowest BCUT2D eigenvalue weighted by atomic mass is 9.99. The summed E-state index contributed by atoms with van der Waals surface area (Å²) in [6.07, 6.45) is 2.57. The monoisotopic (exact) mass is 366 g/mol. The van der Waals surface area contributed by atoms with Crippen LogP contribution in [0.25, 0.3) is 0 Å². The molecule has 27 heavy (non-hydrogen) atoms. The van der Waals surface area contributed by atoms with E-state index in [0.29, 0.717) is 16.8 Å². The van der Waals surface area contributed by atoms with E-state index < -0.39 is 5.97 Å².